The Morgan fingerprint density at radius 3 is 3.00 bits per heavy atom. The lowest BCUT2D eigenvalue weighted by molar-refractivity contribution is -0.130. The molecule has 72 valence electrons. The third kappa shape index (κ3) is 1.55. The van der Waals surface area contributed by atoms with Crippen LogP contribution in [0.2, 0.25) is 0 Å². The fourth-order valence-electron chi connectivity index (χ4n) is 1.59. The number of benzene rings is 1. The summed E-state index contributed by atoms with van der Waals surface area (Å²) in [4.78, 5) is 11.5. The van der Waals surface area contributed by atoms with E-state index in [2.05, 4.69) is 0 Å². The fourth-order valence-corrected chi connectivity index (χ4v) is 1.59. The van der Waals surface area contributed by atoms with Gasteiger partial charge in [0.05, 0.1) is 0 Å². The zero-order valence-electron chi connectivity index (χ0n) is 8.12. The van der Waals surface area contributed by atoms with Crippen LogP contribution in [0.15, 0.2) is 35.9 Å². The van der Waals surface area contributed by atoms with Crippen molar-refractivity contribution in [3.05, 3.63) is 41.5 Å². The predicted octanol–water partition coefficient (Wildman–Crippen LogP) is 2.48. The molecule has 0 N–H and O–H groups in total. The fraction of sp³-hybridized carbons (Fsp3) is 0.250. The summed E-state index contributed by atoms with van der Waals surface area (Å²) in [6.07, 6.45) is 3.49. The first-order valence-electron chi connectivity index (χ1n) is 4.80. The van der Waals surface area contributed by atoms with Crippen molar-refractivity contribution >= 4 is 5.97 Å². The number of carbonyl (C=O) groups is 1. The molecule has 1 aliphatic rings. The normalized spacial score (nSPS) is 17.8. The highest BCUT2D eigenvalue weighted by Gasteiger charge is 2.20. The molecule has 1 aromatic rings. The summed E-state index contributed by atoms with van der Waals surface area (Å²) in [5.41, 5.74) is 1.86. The van der Waals surface area contributed by atoms with Crippen molar-refractivity contribution in [2.75, 3.05) is 0 Å². The highest BCUT2D eigenvalue weighted by molar-refractivity contribution is 5.92. The minimum absolute atomic E-state index is 0.203. The molecule has 0 fully saturated rings. The molecule has 2 heteroatoms. The molecule has 0 bridgehead atoms. The van der Waals surface area contributed by atoms with Crippen molar-refractivity contribution in [2.24, 2.45) is 0 Å². The number of fused-ring (bicyclic) bond motifs is 1. The maximum atomic E-state index is 11.5. The summed E-state index contributed by atoms with van der Waals surface area (Å²) < 4.78 is 5.19. The third-order valence-corrected chi connectivity index (χ3v) is 2.27. The number of rotatable bonds is 1. The Balaban J connectivity index is 2.36. The van der Waals surface area contributed by atoms with Gasteiger partial charge in [0, 0.05) is 12.0 Å². The molecule has 1 aliphatic heterocycles. The molecule has 1 aromatic carbocycles. The van der Waals surface area contributed by atoms with Gasteiger partial charge >= 0.3 is 5.97 Å². The molecule has 2 rings (SSSR count). The van der Waals surface area contributed by atoms with E-state index in [-0.39, 0.29) is 5.97 Å². The van der Waals surface area contributed by atoms with E-state index < -0.39 is 0 Å². The van der Waals surface area contributed by atoms with Crippen LogP contribution in [-0.4, -0.2) is 5.97 Å². The van der Waals surface area contributed by atoms with Gasteiger partial charge in [0.25, 0.3) is 0 Å². The van der Waals surface area contributed by atoms with Gasteiger partial charge in [-0.25, -0.2) is 4.79 Å². The van der Waals surface area contributed by atoms with Crippen LogP contribution >= 0.6 is 0 Å². The number of allylic oxidation sites excluding steroid dienone is 1. The lowest BCUT2D eigenvalue weighted by atomic mass is 10.0. The lowest BCUT2D eigenvalue weighted by Gasteiger charge is -2.17. The van der Waals surface area contributed by atoms with Crippen LogP contribution < -0.4 is 4.74 Å². The van der Waals surface area contributed by atoms with E-state index in [9.17, 15) is 4.79 Å². The Bertz CT molecular complexity index is 391. The van der Waals surface area contributed by atoms with E-state index in [1.807, 2.05) is 37.3 Å². The quantitative estimate of drug-likeness (QED) is 0.384. The van der Waals surface area contributed by atoms with Gasteiger partial charge < -0.3 is 4.74 Å². The Labute approximate surface area is 83.2 Å². The summed E-state index contributed by atoms with van der Waals surface area (Å²) in [6, 6.07) is 7.66. The first-order valence-corrected chi connectivity index (χ1v) is 4.80. The van der Waals surface area contributed by atoms with Gasteiger partial charge in [0.2, 0.25) is 0 Å². The van der Waals surface area contributed by atoms with E-state index in [0.29, 0.717) is 12.2 Å². The Morgan fingerprint density at radius 1 is 1.43 bits per heavy atom. The van der Waals surface area contributed by atoms with E-state index in [1.54, 1.807) is 0 Å². The zero-order chi connectivity index (χ0) is 9.97. The maximum Gasteiger partial charge on any atom is 0.339 e. The molecular formula is C12H12O2. The van der Waals surface area contributed by atoms with Gasteiger partial charge in [-0.2, -0.15) is 0 Å². The smallest absolute Gasteiger partial charge is 0.339 e. The molecule has 14 heavy (non-hydrogen) atoms. The summed E-state index contributed by atoms with van der Waals surface area (Å²) in [5, 5.41) is 0. The Hall–Kier alpha value is -1.57. The van der Waals surface area contributed by atoms with Crippen molar-refractivity contribution in [3.63, 3.8) is 0 Å². The molecule has 2 nitrogen and oxygen atoms in total. The molecule has 0 saturated heterocycles. The highest BCUT2D eigenvalue weighted by atomic mass is 16.5. The second-order valence-corrected chi connectivity index (χ2v) is 3.31. The standard InChI is InChI=1S/C12H12O2/c1-2-5-10-8-9-6-3-4-7-11(9)14-12(10)13/h3-7H,2,8H2,1H3/b10-5-. The molecule has 0 aliphatic carbocycles. The van der Waals surface area contributed by atoms with Crippen LogP contribution in [0.4, 0.5) is 0 Å². The minimum Gasteiger partial charge on any atom is -0.423 e. The van der Waals surface area contributed by atoms with Gasteiger partial charge in [-0.05, 0) is 18.1 Å². The highest BCUT2D eigenvalue weighted by Crippen LogP contribution is 2.27. The second kappa shape index (κ2) is 3.66. The van der Waals surface area contributed by atoms with Crippen molar-refractivity contribution in [1.29, 1.82) is 0 Å². The van der Waals surface area contributed by atoms with Gasteiger partial charge in [-0.3, -0.25) is 0 Å². The molecule has 0 atom stereocenters. The molecule has 0 amide bonds. The van der Waals surface area contributed by atoms with Crippen LogP contribution in [-0.2, 0) is 11.2 Å². The number of ether oxygens (including phenoxy) is 1. The van der Waals surface area contributed by atoms with Gasteiger partial charge in [-0.1, -0.05) is 31.2 Å². The Morgan fingerprint density at radius 2 is 2.21 bits per heavy atom. The van der Waals surface area contributed by atoms with Crippen LogP contribution in [0.25, 0.3) is 0 Å². The summed E-state index contributed by atoms with van der Waals surface area (Å²) >= 11 is 0. The zero-order valence-corrected chi connectivity index (χ0v) is 8.12. The summed E-state index contributed by atoms with van der Waals surface area (Å²) in [7, 11) is 0. The average Bonchev–Trinajstić information content (AvgIpc) is 2.19. The number of para-hydroxylation sites is 1. The van der Waals surface area contributed by atoms with Crippen molar-refractivity contribution in [2.45, 2.75) is 19.8 Å². The van der Waals surface area contributed by atoms with E-state index >= 15 is 0 Å². The Kier molecular flexibility index (Phi) is 2.35. The van der Waals surface area contributed by atoms with E-state index in [1.165, 1.54) is 0 Å². The first-order chi connectivity index (χ1) is 6.81. The molecule has 0 aromatic heterocycles. The monoisotopic (exact) mass is 188 g/mol. The van der Waals surface area contributed by atoms with Crippen molar-refractivity contribution in [1.82, 2.24) is 0 Å². The predicted molar refractivity (Wildman–Crippen MR) is 54.2 cm³/mol. The largest absolute Gasteiger partial charge is 0.423 e. The number of hydrogen-bond donors (Lipinski definition) is 0. The number of carbonyl (C=O) groups excluding carboxylic acids is 1. The van der Waals surface area contributed by atoms with Crippen LogP contribution in [0.1, 0.15) is 18.9 Å². The van der Waals surface area contributed by atoms with E-state index in [0.717, 1.165) is 17.6 Å². The first kappa shape index (κ1) is 9.00. The van der Waals surface area contributed by atoms with Crippen molar-refractivity contribution in [3.8, 4) is 5.75 Å². The molecule has 0 radical (unpaired) electrons. The molecule has 1 heterocycles. The lowest BCUT2D eigenvalue weighted by Crippen LogP contribution is -2.19. The van der Waals surface area contributed by atoms with Crippen LogP contribution in [0.5, 0.6) is 5.75 Å². The van der Waals surface area contributed by atoms with E-state index in [4.69, 9.17) is 4.74 Å². The maximum absolute atomic E-state index is 11.5. The number of hydrogen-bond acceptors (Lipinski definition) is 2. The van der Waals surface area contributed by atoms with Crippen molar-refractivity contribution < 1.29 is 9.53 Å². The molecular weight excluding hydrogens is 176 g/mol. The molecule has 0 unspecified atom stereocenters. The van der Waals surface area contributed by atoms with Gasteiger partial charge in [-0.15, -0.1) is 0 Å². The molecule has 0 saturated carbocycles. The van der Waals surface area contributed by atoms with Gasteiger partial charge in [0.15, 0.2) is 0 Å². The number of esters is 1. The SMILES string of the molecule is CC/C=C1/Cc2ccccc2OC1=O. The van der Waals surface area contributed by atoms with Gasteiger partial charge in [0.1, 0.15) is 5.75 Å². The molecule has 0 spiro atoms. The third-order valence-electron chi connectivity index (χ3n) is 2.27. The van der Waals surface area contributed by atoms with Crippen LogP contribution in [0.3, 0.4) is 0 Å². The average molecular weight is 188 g/mol. The summed E-state index contributed by atoms with van der Waals surface area (Å²) in [6.45, 7) is 2.01. The summed E-state index contributed by atoms with van der Waals surface area (Å²) in [5.74, 6) is 0.497. The topological polar surface area (TPSA) is 26.3 Å². The second-order valence-electron chi connectivity index (χ2n) is 3.31. The minimum atomic E-state index is -0.203. The van der Waals surface area contributed by atoms with Crippen LogP contribution in [0, 0.1) is 0 Å².